The van der Waals surface area contributed by atoms with Gasteiger partial charge in [0.05, 0.1) is 13.1 Å². The van der Waals surface area contributed by atoms with Crippen molar-refractivity contribution >= 4 is 21.9 Å². The summed E-state index contributed by atoms with van der Waals surface area (Å²) in [5, 5.41) is 11.3. The predicted octanol–water partition coefficient (Wildman–Crippen LogP) is 2.64. The summed E-state index contributed by atoms with van der Waals surface area (Å²) < 4.78 is 3.19. The Morgan fingerprint density at radius 1 is 1.38 bits per heavy atom. The molecular weight excluding hydrogens is 392 g/mol. The van der Waals surface area contributed by atoms with Gasteiger partial charge in [-0.3, -0.25) is 4.99 Å². The fourth-order valence-electron chi connectivity index (χ4n) is 3.65. The predicted molar refractivity (Wildman–Crippen MR) is 106 cm³/mol. The number of aliphatic imine (C=N–C) groups is 1. The molecule has 1 fully saturated rings. The van der Waals surface area contributed by atoms with Crippen LogP contribution in [0, 0.1) is 0 Å². The van der Waals surface area contributed by atoms with E-state index in [9.17, 15) is 0 Å². The summed E-state index contributed by atoms with van der Waals surface area (Å²) in [6, 6.07) is 8.87. The molecule has 0 radical (unpaired) electrons. The van der Waals surface area contributed by atoms with Crippen LogP contribution in [0.2, 0.25) is 0 Å². The van der Waals surface area contributed by atoms with Gasteiger partial charge >= 0.3 is 0 Å². The van der Waals surface area contributed by atoms with Crippen molar-refractivity contribution in [2.75, 3.05) is 13.1 Å². The molecule has 1 aromatic carbocycles. The minimum atomic E-state index is 0.189. The van der Waals surface area contributed by atoms with Crippen LogP contribution in [0.15, 0.2) is 40.1 Å². The molecule has 2 N–H and O–H groups in total. The van der Waals surface area contributed by atoms with Crippen LogP contribution in [-0.2, 0) is 18.4 Å². The van der Waals surface area contributed by atoms with Gasteiger partial charge < -0.3 is 10.6 Å². The van der Waals surface area contributed by atoms with Crippen LogP contribution < -0.4 is 10.6 Å². The highest BCUT2D eigenvalue weighted by atomic mass is 79.9. The van der Waals surface area contributed by atoms with Crippen molar-refractivity contribution in [3.63, 3.8) is 0 Å². The summed E-state index contributed by atoms with van der Waals surface area (Å²) in [7, 11) is 0. The molecule has 2 aromatic rings. The van der Waals surface area contributed by atoms with E-state index in [1.807, 2.05) is 4.68 Å². The third-order valence-electron chi connectivity index (χ3n) is 5.33. The normalized spacial score (nSPS) is 21.2. The summed E-state index contributed by atoms with van der Waals surface area (Å²) in [4.78, 5) is 9.23. The van der Waals surface area contributed by atoms with Crippen molar-refractivity contribution in [3.05, 3.63) is 46.5 Å². The zero-order valence-electron chi connectivity index (χ0n) is 15.1. The van der Waals surface area contributed by atoms with Crippen molar-refractivity contribution in [1.29, 1.82) is 0 Å². The van der Waals surface area contributed by atoms with Gasteiger partial charge in [0.1, 0.15) is 12.2 Å². The number of rotatable bonds is 5. The van der Waals surface area contributed by atoms with Crippen molar-refractivity contribution in [1.82, 2.24) is 25.4 Å². The highest BCUT2D eigenvalue weighted by molar-refractivity contribution is 9.10. The molecule has 1 aliphatic carbocycles. The number of halogens is 1. The van der Waals surface area contributed by atoms with Crippen LogP contribution in [0.3, 0.4) is 0 Å². The van der Waals surface area contributed by atoms with Crippen LogP contribution >= 0.6 is 15.9 Å². The Bertz CT molecular complexity index is 795. The molecule has 1 atom stereocenters. The third-order valence-corrected chi connectivity index (χ3v) is 6.02. The quantitative estimate of drug-likeness (QED) is 0.580. The first-order valence-electron chi connectivity index (χ1n) is 9.37. The molecule has 0 bridgehead atoms. The van der Waals surface area contributed by atoms with Gasteiger partial charge in [-0.2, -0.15) is 5.10 Å². The Kier molecular flexibility index (Phi) is 4.98. The monoisotopic (exact) mass is 416 g/mol. The van der Waals surface area contributed by atoms with Gasteiger partial charge in [0.15, 0.2) is 5.96 Å². The SMILES string of the molecule is CCNC(=NCC1(c2ccccc2Br)CC1)NC1CCc2ncnn2C1. The van der Waals surface area contributed by atoms with E-state index in [-0.39, 0.29) is 5.41 Å². The highest BCUT2D eigenvalue weighted by Crippen LogP contribution is 2.50. The minimum absolute atomic E-state index is 0.189. The first kappa shape index (κ1) is 17.5. The fourth-order valence-corrected chi connectivity index (χ4v) is 4.36. The smallest absolute Gasteiger partial charge is 0.191 e. The molecule has 2 aliphatic rings. The summed E-state index contributed by atoms with van der Waals surface area (Å²) in [6.45, 7) is 4.62. The topological polar surface area (TPSA) is 67.1 Å². The average molecular weight is 417 g/mol. The zero-order chi connectivity index (χ0) is 18.0. The van der Waals surface area contributed by atoms with E-state index in [0.717, 1.165) is 44.3 Å². The standard InChI is InChI=1S/C19H25BrN6/c1-2-21-18(25-14-7-8-17-23-13-24-26(17)11-14)22-12-19(9-10-19)15-5-3-4-6-16(15)20/h3-6,13-14H,2,7-12H2,1H3,(H2,21,22,25). The molecule has 1 unspecified atom stereocenters. The molecular formula is C19H25BrN6. The van der Waals surface area contributed by atoms with Gasteiger partial charge in [0.25, 0.3) is 0 Å². The lowest BCUT2D eigenvalue weighted by Crippen LogP contribution is -2.47. The second-order valence-electron chi connectivity index (χ2n) is 7.19. The number of hydrogen-bond donors (Lipinski definition) is 2. The fraction of sp³-hybridized carbons (Fsp3) is 0.526. The van der Waals surface area contributed by atoms with Gasteiger partial charge in [-0.1, -0.05) is 34.1 Å². The van der Waals surface area contributed by atoms with Crippen molar-refractivity contribution < 1.29 is 0 Å². The number of hydrogen-bond acceptors (Lipinski definition) is 3. The molecule has 26 heavy (non-hydrogen) atoms. The average Bonchev–Trinajstić information content (AvgIpc) is 3.29. The summed E-state index contributed by atoms with van der Waals surface area (Å²) >= 11 is 3.71. The van der Waals surface area contributed by atoms with Crippen LogP contribution in [-0.4, -0.2) is 39.9 Å². The van der Waals surface area contributed by atoms with Crippen LogP contribution in [0.1, 0.15) is 37.6 Å². The molecule has 2 heterocycles. The molecule has 7 heteroatoms. The lowest BCUT2D eigenvalue weighted by atomic mass is 9.96. The lowest BCUT2D eigenvalue weighted by Gasteiger charge is -2.26. The first-order valence-corrected chi connectivity index (χ1v) is 10.2. The summed E-state index contributed by atoms with van der Waals surface area (Å²) in [5.74, 6) is 1.98. The Morgan fingerprint density at radius 3 is 3.00 bits per heavy atom. The van der Waals surface area contributed by atoms with Crippen LogP contribution in [0.25, 0.3) is 0 Å². The van der Waals surface area contributed by atoms with Gasteiger partial charge in [-0.15, -0.1) is 0 Å². The van der Waals surface area contributed by atoms with Gasteiger partial charge in [0.2, 0.25) is 0 Å². The minimum Gasteiger partial charge on any atom is -0.357 e. The molecule has 0 amide bonds. The molecule has 4 rings (SSSR count). The molecule has 1 aliphatic heterocycles. The second-order valence-corrected chi connectivity index (χ2v) is 8.05. The Labute approximate surface area is 162 Å². The lowest BCUT2D eigenvalue weighted by molar-refractivity contribution is 0.392. The van der Waals surface area contributed by atoms with E-state index in [2.05, 4.69) is 67.8 Å². The van der Waals surface area contributed by atoms with Crippen LogP contribution in [0.5, 0.6) is 0 Å². The summed E-state index contributed by atoms with van der Waals surface area (Å²) in [5.41, 5.74) is 1.57. The van der Waals surface area contributed by atoms with E-state index in [1.165, 1.54) is 22.9 Å². The van der Waals surface area contributed by atoms with Gasteiger partial charge in [0, 0.05) is 28.9 Å². The molecule has 0 saturated heterocycles. The van der Waals surface area contributed by atoms with E-state index in [1.54, 1.807) is 6.33 Å². The Morgan fingerprint density at radius 2 is 2.23 bits per heavy atom. The highest BCUT2D eigenvalue weighted by Gasteiger charge is 2.45. The number of nitrogens with one attached hydrogen (secondary N) is 2. The maximum atomic E-state index is 4.93. The molecule has 6 nitrogen and oxygen atoms in total. The van der Waals surface area contributed by atoms with Crippen molar-refractivity contribution in [2.24, 2.45) is 4.99 Å². The number of guanidine groups is 1. The van der Waals surface area contributed by atoms with E-state index < -0.39 is 0 Å². The van der Waals surface area contributed by atoms with E-state index in [4.69, 9.17) is 4.99 Å². The first-order chi connectivity index (χ1) is 12.7. The number of benzene rings is 1. The van der Waals surface area contributed by atoms with Gasteiger partial charge in [-0.25, -0.2) is 9.67 Å². The Hall–Kier alpha value is -1.89. The van der Waals surface area contributed by atoms with Crippen LogP contribution in [0.4, 0.5) is 0 Å². The zero-order valence-corrected chi connectivity index (χ0v) is 16.7. The molecule has 138 valence electrons. The molecule has 0 spiro atoms. The second kappa shape index (κ2) is 7.39. The van der Waals surface area contributed by atoms with Gasteiger partial charge in [-0.05, 0) is 37.8 Å². The Balaban J connectivity index is 1.44. The number of nitrogens with zero attached hydrogens (tertiary/aromatic N) is 4. The maximum absolute atomic E-state index is 4.93. The molecule has 1 saturated carbocycles. The van der Waals surface area contributed by atoms with Crippen molar-refractivity contribution in [2.45, 2.75) is 50.6 Å². The largest absolute Gasteiger partial charge is 0.357 e. The summed E-state index contributed by atoms with van der Waals surface area (Å²) in [6.07, 6.45) is 6.05. The molecule has 1 aromatic heterocycles. The number of fused-ring (bicyclic) bond motifs is 1. The third kappa shape index (κ3) is 3.63. The van der Waals surface area contributed by atoms with E-state index >= 15 is 0 Å². The maximum Gasteiger partial charge on any atom is 0.191 e. The number of aryl methyl sites for hydroxylation is 1. The van der Waals surface area contributed by atoms with E-state index in [0.29, 0.717) is 6.04 Å². The number of aromatic nitrogens is 3. The van der Waals surface area contributed by atoms with Crippen molar-refractivity contribution in [3.8, 4) is 0 Å².